The monoisotopic (exact) mass is 230 g/mol. The van der Waals surface area contributed by atoms with E-state index in [0.717, 1.165) is 5.56 Å². The molecule has 1 aromatic carbocycles. The van der Waals surface area contributed by atoms with Gasteiger partial charge in [-0.1, -0.05) is 6.07 Å². The Hall–Kier alpha value is -2.43. The zero-order chi connectivity index (χ0) is 12.4. The summed E-state index contributed by atoms with van der Waals surface area (Å²) in [4.78, 5) is 24.1. The number of nitrogens with zero attached hydrogens (tertiary/aromatic N) is 1. The molecule has 0 radical (unpaired) electrons. The van der Waals surface area contributed by atoms with Crippen LogP contribution in [0.25, 0.3) is 11.3 Å². The first-order valence-corrected chi connectivity index (χ1v) is 5.02. The van der Waals surface area contributed by atoms with Gasteiger partial charge in [-0.05, 0) is 30.7 Å². The summed E-state index contributed by atoms with van der Waals surface area (Å²) in [7, 11) is 0. The summed E-state index contributed by atoms with van der Waals surface area (Å²) in [5, 5.41) is 10.7. The minimum atomic E-state index is -0.424. The number of aromatic amines is 1. The molecule has 2 aromatic rings. The highest BCUT2D eigenvalue weighted by atomic mass is 16.6. The molecular weight excluding hydrogens is 220 g/mol. The second kappa shape index (κ2) is 4.21. The van der Waals surface area contributed by atoms with Crippen molar-refractivity contribution in [2.24, 2.45) is 0 Å². The maximum absolute atomic E-state index is 11.2. The first-order valence-electron chi connectivity index (χ1n) is 5.02. The van der Waals surface area contributed by atoms with E-state index in [1.165, 1.54) is 12.1 Å². The van der Waals surface area contributed by atoms with E-state index in [-0.39, 0.29) is 11.2 Å². The van der Waals surface area contributed by atoms with Crippen LogP contribution in [0.1, 0.15) is 5.56 Å². The van der Waals surface area contributed by atoms with Crippen LogP contribution in [0, 0.1) is 17.0 Å². The zero-order valence-electron chi connectivity index (χ0n) is 9.14. The van der Waals surface area contributed by atoms with Crippen LogP contribution in [0.5, 0.6) is 0 Å². The molecule has 0 spiro atoms. The molecule has 0 fully saturated rings. The van der Waals surface area contributed by atoms with Crippen LogP contribution in [-0.2, 0) is 0 Å². The Morgan fingerprint density at radius 1 is 1.24 bits per heavy atom. The van der Waals surface area contributed by atoms with E-state index < -0.39 is 4.92 Å². The molecule has 2 rings (SSSR count). The van der Waals surface area contributed by atoms with Crippen LogP contribution in [0.3, 0.4) is 0 Å². The Balaban J connectivity index is 2.52. The average Bonchev–Trinajstić information content (AvgIpc) is 2.28. The maximum Gasteiger partial charge on any atom is 0.272 e. The minimum Gasteiger partial charge on any atom is -0.322 e. The van der Waals surface area contributed by atoms with E-state index in [4.69, 9.17) is 0 Å². The Kier molecular flexibility index (Phi) is 2.74. The number of nitro benzene ring substituents is 1. The summed E-state index contributed by atoms with van der Waals surface area (Å²) in [5.41, 5.74) is 1.85. The van der Waals surface area contributed by atoms with Gasteiger partial charge in [0, 0.05) is 23.4 Å². The van der Waals surface area contributed by atoms with Crippen LogP contribution in [0.2, 0.25) is 0 Å². The third-order valence-electron chi connectivity index (χ3n) is 2.47. The summed E-state index contributed by atoms with van der Waals surface area (Å²) in [6.07, 6.45) is 0. The second-order valence-corrected chi connectivity index (χ2v) is 3.69. The van der Waals surface area contributed by atoms with E-state index in [1.807, 2.05) is 0 Å². The quantitative estimate of drug-likeness (QED) is 0.635. The Labute approximate surface area is 96.9 Å². The van der Waals surface area contributed by atoms with Crippen molar-refractivity contribution in [1.82, 2.24) is 4.98 Å². The van der Waals surface area contributed by atoms with Crippen molar-refractivity contribution in [3.8, 4) is 11.3 Å². The van der Waals surface area contributed by atoms with Gasteiger partial charge in [0.05, 0.1) is 4.92 Å². The summed E-state index contributed by atoms with van der Waals surface area (Å²) in [6, 6.07) is 9.56. The molecule has 5 nitrogen and oxygen atoms in total. The number of aryl methyl sites for hydroxylation is 1. The van der Waals surface area contributed by atoms with Crippen molar-refractivity contribution in [1.29, 1.82) is 0 Å². The molecule has 5 heteroatoms. The largest absolute Gasteiger partial charge is 0.322 e. The van der Waals surface area contributed by atoms with Crippen molar-refractivity contribution < 1.29 is 4.92 Å². The number of hydrogen-bond acceptors (Lipinski definition) is 3. The molecule has 1 N–H and O–H groups in total. The standard InChI is InChI=1S/C12H10N2O3/c1-8-7-9(5-6-11(8)14(16)17)10-3-2-4-12(15)13-10/h2-7H,1H3,(H,13,15). The van der Waals surface area contributed by atoms with E-state index >= 15 is 0 Å². The highest BCUT2D eigenvalue weighted by Gasteiger charge is 2.10. The molecule has 0 bridgehead atoms. The first kappa shape index (κ1) is 11.1. The van der Waals surface area contributed by atoms with Crippen molar-refractivity contribution in [2.45, 2.75) is 6.92 Å². The molecule has 1 aromatic heterocycles. The molecule has 0 aliphatic heterocycles. The summed E-state index contributed by atoms with van der Waals surface area (Å²) < 4.78 is 0. The highest BCUT2D eigenvalue weighted by molar-refractivity contribution is 5.62. The number of nitro groups is 1. The van der Waals surface area contributed by atoms with Gasteiger partial charge in [0.25, 0.3) is 5.69 Å². The smallest absolute Gasteiger partial charge is 0.272 e. The normalized spacial score (nSPS) is 10.2. The number of benzene rings is 1. The van der Waals surface area contributed by atoms with Crippen molar-refractivity contribution in [3.63, 3.8) is 0 Å². The van der Waals surface area contributed by atoms with Gasteiger partial charge in [0.2, 0.25) is 5.56 Å². The van der Waals surface area contributed by atoms with Gasteiger partial charge in [-0.25, -0.2) is 0 Å². The number of rotatable bonds is 2. The van der Waals surface area contributed by atoms with E-state index in [2.05, 4.69) is 4.98 Å². The fraction of sp³-hybridized carbons (Fsp3) is 0.0833. The van der Waals surface area contributed by atoms with Gasteiger partial charge < -0.3 is 4.98 Å². The number of pyridine rings is 1. The molecule has 86 valence electrons. The lowest BCUT2D eigenvalue weighted by molar-refractivity contribution is -0.385. The lowest BCUT2D eigenvalue weighted by Gasteiger charge is -2.03. The third-order valence-corrected chi connectivity index (χ3v) is 2.47. The summed E-state index contributed by atoms with van der Waals surface area (Å²) >= 11 is 0. The molecule has 0 atom stereocenters. The van der Waals surface area contributed by atoms with E-state index in [9.17, 15) is 14.9 Å². The fourth-order valence-electron chi connectivity index (χ4n) is 1.64. The molecule has 0 saturated heterocycles. The van der Waals surface area contributed by atoms with E-state index in [0.29, 0.717) is 11.3 Å². The predicted molar refractivity (Wildman–Crippen MR) is 63.9 cm³/mol. The van der Waals surface area contributed by atoms with Crippen LogP contribution >= 0.6 is 0 Å². The second-order valence-electron chi connectivity index (χ2n) is 3.69. The fourth-order valence-corrected chi connectivity index (χ4v) is 1.64. The molecule has 0 aliphatic carbocycles. The van der Waals surface area contributed by atoms with Crippen LogP contribution in [-0.4, -0.2) is 9.91 Å². The Bertz CT molecular complexity index is 632. The van der Waals surface area contributed by atoms with Gasteiger partial charge in [-0.15, -0.1) is 0 Å². The molecular formula is C12H10N2O3. The molecule has 0 unspecified atom stereocenters. The van der Waals surface area contributed by atoms with Crippen LogP contribution in [0.4, 0.5) is 5.69 Å². The number of nitrogens with one attached hydrogen (secondary N) is 1. The zero-order valence-corrected chi connectivity index (χ0v) is 9.14. The van der Waals surface area contributed by atoms with Crippen LogP contribution in [0.15, 0.2) is 41.2 Å². The lowest BCUT2D eigenvalue weighted by atomic mass is 10.1. The SMILES string of the molecule is Cc1cc(-c2cccc(=O)[nH]2)ccc1[N+](=O)[O-]. The van der Waals surface area contributed by atoms with Gasteiger partial charge in [0.15, 0.2) is 0 Å². The van der Waals surface area contributed by atoms with E-state index in [1.54, 1.807) is 31.2 Å². The first-order chi connectivity index (χ1) is 8.08. The predicted octanol–water partition coefficient (Wildman–Crippen LogP) is 2.26. The van der Waals surface area contributed by atoms with Crippen molar-refractivity contribution in [2.75, 3.05) is 0 Å². The van der Waals surface area contributed by atoms with Gasteiger partial charge in [-0.3, -0.25) is 14.9 Å². The molecule has 1 heterocycles. The minimum absolute atomic E-state index is 0.0760. The lowest BCUT2D eigenvalue weighted by Crippen LogP contribution is -2.03. The molecule has 17 heavy (non-hydrogen) atoms. The maximum atomic E-state index is 11.2. The van der Waals surface area contributed by atoms with Gasteiger partial charge >= 0.3 is 0 Å². The van der Waals surface area contributed by atoms with Gasteiger partial charge in [0.1, 0.15) is 0 Å². The summed E-state index contributed by atoms with van der Waals surface area (Å²) in [5.74, 6) is 0. The Morgan fingerprint density at radius 2 is 2.00 bits per heavy atom. The van der Waals surface area contributed by atoms with Crippen molar-refractivity contribution in [3.05, 3.63) is 62.4 Å². The molecule has 0 amide bonds. The third kappa shape index (κ3) is 2.23. The number of H-pyrrole nitrogens is 1. The van der Waals surface area contributed by atoms with Gasteiger partial charge in [-0.2, -0.15) is 0 Å². The topological polar surface area (TPSA) is 76.0 Å². The Morgan fingerprint density at radius 3 is 2.59 bits per heavy atom. The number of aromatic nitrogens is 1. The average molecular weight is 230 g/mol. The van der Waals surface area contributed by atoms with Crippen LogP contribution < -0.4 is 5.56 Å². The number of hydrogen-bond donors (Lipinski definition) is 1. The summed E-state index contributed by atoms with van der Waals surface area (Å²) in [6.45, 7) is 1.67. The molecule has 0 aliphatic rings. The highest BCUT2D eigenvalue weighted by Crippen LogP contribution is 2.24. The van der Waals surface area contributed by atoms with Crippen molar-refractivity contribution >= 4 is 5.69 Å². The molecule has 0 saturated carbocycles.